The van der Waals surface area contributed by atoms with Gasteiger partial charge in [-0.3, -0.25) is 4.79 Å². The van der Waals surface area contributed by atoms with Crippen molar-refractivity contribution in [2.45, 2.75) is 58.7 Å². The van der Waals surface area contributed by atoms with Crippen LogP contribution in [0.25, 0.3) is 0 Å². The number of amides is 3. The van der Waals surface area contributed by atoms with Crippen LogP contribution in [-0.4, -0.2) is 44.9 Å². The molecule has 0 aliphatic heterocycles. The van der Waals surface area contributed by atoms with Crippen LogP contribution >= 0.6 is 11.6 Å². The Morgan fingerprint density at radius 1 is 1.30 bits per heavy atom. The lowest BCUT2D eigenvalue weighted by Crippen LogP contribution is -2.48. The number of aromatic nitrogens is 1. The molecule has 1 aromatic heterocycles. The van der Waals surface area contributed by atoms with Crippen LogP contribution in [0.15, 0.2) is 36.5 Å². The number of hydrogen-bond acceptors (Lipinski definition) is 2. The normalized spacial score (nSPS) is 14.3. The van der Waals surface area contributed by atoms with E-state index in [-0.39, 0.29) is 30.6 Å². The van der Waals surface area contributed by atoms with Gasteiger partial charge in [0.05, 0.1) is 6.54 Å². The third kappa shape index (κ3) is 5.36. The number of carbonyl (C=O) groups excluding carboxylic acids is 2. The van der Waals surface area contributed by atoms with E-state index in [1.165, 1.54) is 0 Å². The average Bonchev–Trinajstić information content (AvgIpc) is 3.48. The zero-order valence-corrected chi connectivity index (χ0v) is 18.9. The van der Waals surface area contributed by atoms with Crippen molar-refractivity contribution in [3.63, 3.8) is 0 Å². The summed E-state index contributed by atoms with van der Waals surface area (Å²) in [6.07, 6.45) is 4.79. The van der Waals surface area contributed by atoms with Gasteiger partial charge in [0.1, 0.15) is 6.54 Å². The van der Waals surface area contributed by atoms with Gasteiger partial charge in [-0.05, 0) is 62.9 Å². The van der Waals surface area contributed by atoms with Crippen LogP contribution in [0.1, 0.15) is 44.4 Å². The van der Waals surface area contributed by atoms with Gasteiger partial charge in [-0.1, -0.05) is 24.6 Å². The highest BCUT2D eigenvalue weighted by atomic mass is 35.5. The Morgan fingerprint density at radius 2 is 2.03 bits per heavy atom. The van der Waals surface area contributed by atoms with Gasteiger partial charge in [0.15, 0.2) is 0 Å². The number of carbonyl (C=O) groups is 2. The third-order valence-corrected chi connectivity index (χ3v) is 6.21. The molecule has 1 heterocycles. The average molecular weight is 431 g/mol. The van der Waals surface area contributed by atoms with Crippen molar-refractivity contribution in [2.24, 2.45) is 7.05 Å². The molecule has 1 atom stereocenters. The van der Waals surface area contributed by atoms with Gasteiger partial charge in [-0.2, -0.15) is 0 Å². The van der Waals surface area contributed by atoms with E-state index in [0.29, 0.717) is 17.3 Å². The number of benzene rings is 1. The molecule has 6 nitrogen and oxygen atoms in total. The minimum atomic E-state index is -0.285. The Hall–Kier alpha value is -2.47. The molecule has 0 radical (unpaired) electrons. The summed E-state index contributed by atoms with van der Waals surface area (Å²) in [6, 6.07) is 9.35. The summed E-state index contributed by atoms with van der Waals surface area (Å²) in [5, 5.41) is 3.50. The first-order valence-electron chi connectivity index (χ1n) is 10.5. The second-order valence-corrected chi connectivity index (χ2v) is 8.55. The van der Waals surface area contributed by atoms with Crippen molar-refractivity contribution in [1.82, 2.24) is 14.4 Å². The van der Waals surface area contributed by atoms with E-state index in [4.69, 9.17) is 11.6 Å². The fraction of sp³-hybridized carbons (Fsp3) is 0.478. The Balaban J connectivity index is 1.72. The molecule has 0 unspecified atom stereocenters. The molecule has 1 aliphatic rings. The molecule has 0 bridgehead atoms. The Bertz CT molecular complexity index is 906. The first-order chi connectivity index (χ1) is 14.3. The lowest BCUT2D eigenvalue weighted by Gasteiger charge is -2.31. The summed E-state index contributed by atoms with van der Waals surface area (Å²) in [6.45, 7) is 6.52. The minimum absolute atomic E-state index is 0.0175. The van der Waals surface area contributed by atoms with Gasteiger partial charge in [-0.25, -0.2) is 4.79 Å². The molecule has 3 rings (SSSR count). The molecule has 1 N–H and O–H groups in total. The number of anilines is 1. The van der Waals surface area contributed by atoms with Crippen molar-refractivity contribution in [2.75, 3.05) is 11.9 Å². The molecule has 1 fully saturated rings. The predicted molar refractivity (Wildman–Crippen MR) is 121 cm³/mol. The van der Waals surface area contributed by atoms with Gasteiger partial charge < -0.3 is 19.7 Å². The summed E-state index contributed by atoms with van der Waals surface area (Å²) >= 11 is 6.19. The molecule has 1 aliphatic carbocycles. The monoisotopic (exact) mass is 430 g/mol. The van der Waals surface area contributed by atoms with Crippen molar-refractivity contribution < 1.29 is 9.59 Å². The van der Waals surface area contributed by atoms with Crippen LogP contribution in [0.4, 0.5) is 10.5 Å². The zero-order valence-electron chi connectivity index (χ0n) is 18.2. The first kappa shape index (κ1) is 22.2. The van der Waals surface area contributed by atoms with E-state index in [1.807, 2.05) is 67.7 Å². The molecule has 0 spiro atoms. The second kappa shape index (κ2) is 9.56. The number of hydrogen-bond donors (Lipinski definition) is 1. The minimum Gasteiger partial charge on any atom is -0.353 e. The van der Waals surface area contributed by atoms with Crippen LogP contribution < -0.4 is 5.32 Å². The number of rotatable bonds is 8. The zero-order chi connectivity index (χ0) is 21.8. The third-order valence-electron chi connectivity index (χ3n) is 5.80. The summed E-state index contributed by atoms with van der Waals surface area (Å²) in [5.74, 6) is -0.0175. The quantitative estimate of drug-likeness (QED) is 0.653. The maximum atomic E-state index is 13.2. The molecule has 1 saturated carbocycles. The van der Waals surface area contributed by atoms with E-state index in [0.717, 1.165) is 30.5 Å². The van der Waals surface area contributed by atoms with E-state index in [9.17, 15) is 9.59 Å². The molecule has 1 aromatic carbocycles. The molecular weight excluding hydrogens is 400 g/mol. The molecule has 162 valence electrons. The molecule has 0 saturated heterocycles. The highest BCUT2D eigenvalue weighted by Gasteiger charge is 2.34. The lowest BCUT2D eigenvalue weighted by atomic mass is 10.2. The van der Waals surface area contributed by atoms with Crippen LogP contribution in [0.3, 0.4) is 0 Å². The van der Waals surface area contributed by atoms with E-state index in [1.54, 1.807) is 11.0 Å². The number of nitrogens with one attached hydrogen (secondary N) is 1. The summed E-state index contributed by atoms with van der Waals surface area (Å²) in [4.78, 5) is 29.8. The van der Waals surface area contributed by atoms with E-state index < -0.39 is 0 Å². The van der Waals surface area contributed by atoms with E-state index in [2.05, 4.69) is 5.32 Å². The summed E-state index contributed by atoms with van der Waals surface area (Å²) < 4.78 is 2.03. The Morgan fingerprint density at radius 3 is 2.60 bits per heavy atom. The van der Waals surface area contributed by atoms with Crippen molar-refractivity contribution >= 4 is 29.2 Å². The van der Waals surface area contributed by atoms with Crippen molar-refractivity contribution in [3.05, 3.63) is 52.8 Å². The number of urea groups is 1. The SMILES string of the molecule is CC[C@H](C)N(CC(=O)N(Cc1cccn1C)C1CC1)C(=O)Nc1ccc(C)c(Cl)c1. The smallest absolute Gasteiger partial charge is 0.322 e. The largest absolute Gasteiger partial charge is 0.353 e. The lowest BCUT2D eigenvalue weighted by molar-refractivity contribution is -0.133. The van der Waals surface area contributed by atoms with Crippen LogP contribution in [-0.2, 0) is 18.4 Å². The Kier molecular flexibility index (Phi) is 7.08. The summed E-state index contributed by atoms with van der Waals surface area (Å²) in [5.41, 5.74) is 2.66. The number of nitrogens with zero attached hydrogens (tertiary/aromatic N) is 3. The fourth-order valence-electron chi connectivity index (χ4n) is 3.39. The van der Waals surface area contributed by atoms with Gasteiger partial charge in [0, 0.05) is 41.7 Å². The maximum Gasteiger partial charge on any atom is 0.322 e. The van der Waals surface area contributed by atoms with Crippen LogP contribution in [0, 0.1) is 6.92 Å². The fourth-order valence-corrected chi connectivity index (χ4v) is 3.57. The Labute approximate surface area is 183 Å². The van der Waals surface area contributed by atoms with Crippen LogP contribution in [0.2, 0.25) is 5.02 Å². The predicted octanol–water partition coefficient (Wildman–Crippen LogP) is 4.81. The number of aryl methyl sites for hydroxylation is 2. The molecule has 3 amide bonds. The van der Waals surface area contributed by atoms with E-state index >= 15 is 0 Å². The number of halogens is 1. The molecule has 7 heteroatoms. The topological polar surface area (TPSA) is 57.6 Å². The first-order valence-corrected chi connectivity index (χ1v) is 10.9. The maximum absolute atomic E-state index is 13.2. The highest BCUT2D eigenvalue weighted by Crippen LogP contribution is 2.29. The van der Waals surface area contributed by atoms with Gasteiger partial charge in [0.2, 0.25) is 5.91 Å². The standard InChI is InChI=1S/C23H31ClN4O2/c1-5-17(3)27(23(30)25-18-9-8-16(2)21(24)13-18)15-22(29)28(19-10-11-19)14-20-7-6-12-26(20)4/h6-9,12-13,17,19H,5,10-11,14-15H2,1-4H3,(H,25,30)/t17-/m0/s1. The van der Waals surface area contributed by atoms with Crippen molar-refractivity contribution in [3.8, 4) is 0 Å². The molecule has 30 heavy (non-hydrogen) atoms. The summed E-state index contributed by atoms with van der Waals surface area (Å²) in [7, 11) is 1.98. The van der Waals surface area contributed by atoms with Gasteiger partial charge in [-0.15, -0.1) is 0 Å². The van der Waals surface area contributed by atoms with Gasteiger partial charge in [0.25, 0.3) is 0 Å². The van der Waals surface area contributed by atoms with Crippen molar-refractivity contribution in [1.29, 1.82) is 0 Å². The molecule has 2 aromatic rings. The molecular formula is C23H31ClN4O2. The second-order valence-electron chi connectivity index (χ2n) is 8.14. The highest BCUT2D eigenvalue weighted by molar-refractivity contribution is 6.31. The van der Waals surface area contributed by atoms with Crippen LogP contribution in [0.5, 0.6) is 0 Å². The van der Waals surface area contributed by atoms with Gasteiger partial charge >= 0.3 is 6.03 Å².